The molecule has 258 valence electrons. The van der Waals surface area contributed by atoms with Gasteiger partial charge in [-0.15, -0.1) is 0 Å². The van der Waals surface area contributed by atoms with Crippen molar-refractivity contribution in [1.82, 2.24) is 9.13 Å². The number of para-hydroxylation sites is 3. The fraction of sp³-hybridized carbons (Fsp3) is 0.0196. The van der Waals surface area contributed by atoms with Crippen molar-refractivity contribution < 1.29 is 4.74 Å². The van der Waals surface area contributed by atoms with E-state index < -0.39 is 0 Å². The van der Waals surface area contributed by atoms with Gasteiger partial charge in [-0.3, -0.25) is 0 Å². The number of rotatable bonds is 4. The topological polar surface area (TPSA) is 31.1 Å². The van der Waals surface area contributed by atoms with Crippen LogP contribution in [0.3, 0.4) is 0 Å². The first-order chi connectivity index (χ1) is 27.3. The number of nitrogens with one attached hydrogen (secondary N) is 1. The van der Waals surface area contributed by atoms with Gasteiger partial charge >= 0.3 is 0 Å². The average Bonchev–Trinajstić information content (AvgIpc) is 3.94. The summed E-state index contributed by atoms with van der Waals surface area (Å²) >= 11 is 0. The second-order valence-electron chi connectivity index (χ2n) is 14.6. The molecule has 0 saturated carbocycles. The molecule has 0 aliphatic carbocycles. The molecule has 0 radical (unpaired) electrons. The lowest BCUT2D eigenvalue weighted by Gasteiger charge is -2.13. The molecular weight excluding hydrogens is 671 g/mol. The molecule has 0 fully saturated rings. The van der Waals surface area contributed by atoms with Crippen molar-refractivity contribution >= 4 is 70.8 Å². The van der Waals surface area contributed by atoms with Crippen molar-refractivity contribution in [3.05, 3.63) is 194 Å². The first-order valence-corrected chi connectivity index (χ1v) is 18.9. The first kappa shape index (κ1) is 30.2. The Balaban J connectivity index is 0.950. The lowest BCUT2D eigenvalue weighted by Crippen LogP contribution is -2.09. The Kier molecular flexibility index (Phi) is 6.37. The van der Waals surface area contributed by atoms with Gasteiger partial charge in [0.05, 0.1) is 27.8 Å². The normalized spacial score (nSPS) is 13.9. The van der Waals surface area contributed by atoms with Crippen LogP contribution in [0.5, 0.6) is 5.75 Å². The second-order valence-corrected chi connectivity index (χ2v) is 14.6. The minimum absolute atomic E-state index is 0.211. The van der Waals surface area contributed by atoms with Gasteiger partial charge in [-0.25, -0.2) is 0 Å². The van der Waals surface area contributed by atoms with Gasteiger partial charge in [-0.1, -0.05) is 127 Å². The van der Waals surface area contributed by atoms with Gasteiger partial charge in [0.1, 0.15) is 5.75 Å². The Labute approximate surface area is 317 Å². The van der Waals surface area contributed by atoms with Crippen LogP contribution in [0.1, 0.15) is 11.8 Å². The number of anilines is 1. The van der Waals surface area contributed by atoms with Gasteiger partial charge < -0.3 is 19.2 Å². The Hall–Kier alpha value is -7.30. The highest BCUT2D eigenvalue weighted by Crippen LogP contribution is 2.46. The fourth-order valence-electron chi connectivity index (χ4n) is 9.01. The monoisotopic (exact) mass is 703 g/mol. The van der Waals surface area contributed by atoms with Crippen LogP contribution in [0, 0.1) is 0 Å². The molecule has 11 aromatic rings. The largest absolute Gasteiger partial charge is 0.464 e. The summed E-state index contributed by atoms with van der Waals surface area (Å²) in [5.74, 6) is 0.887. The lowest BCUT2D eigenvalue weighted by atomic mass is 9.99. The Morgan fingerprint density at radius 1 is 0.400 bits per heavy atom. The number of aromatic nitrogens is 2. The zero-order chi connectivity index (χ0) is 36.0. The molecule has 1 aliphatic rings. The Morgan fingerprint density at radius 3 is 1.69 bits per heavy atom. The molecule has 3 heterocycles. The Bertz CT molecular complexity index is 3270. The van der Waals surface area contributed by atoms with Crippen molar-refractivity contribution in [2.75, 3.05) is 5.32 Å². The molecule has 9 aromatic carbocycles. The molecule has 2 aromatic heterocycles. The quantitative estimate of drug-likeness (QED) is 0.185. The smallest absolute Gasteiger partial charge is 0.196 e. The highest BCUT2D eigenvalue weighted by molar-refractivity contribution is 6.16. The number of hydrogen-bond acceptors (Lipinski definition) is 2. The second kappa shape index (κ2) is 11.6. The first-order valence-electron chi connectivity index (χ1n) is 18.9. The van der Waals surface area contributed by atoms with Crippen LogP contribution in [0.25, 0.3) is 87.7 Å². The van der Waals surface area contributed by atoms with Gasteiger partial charge in [0.2, 0.25) is 0 Å². The van der Waals surface area contributed by atoms with Crippen LogP contribution >= 0.6 is 0 Å². The van der Waals surface area contributed by atoms with E-state index in [-0.39, 0.29) is 6.23 Å². The summed E-state index contributed by atoms with van der Waals surface area (Å²) < 4.78 is 11.2. The van der Waals surface area contributed by atoms with Crippen molar-refractivity contribution in [1.29, 1.82) is 0 Å². The van der Waals surface area contributed by atoms with Crippen molar-refractivity contribution in [2.24, 2.45) is 0 Å². The summed E-state index contributed by atoms with van der Waals surface area (Å²) in [6.45, 7) is 0. The molecule has 1 aliphatic heterocycles. The molecule has 0 amide bonds. The molecule has 1 N–H and O–H groups in total. The summed E-state index contributed by atoms with van der Waals surface area (Å²) in [7, 11) is 0. The molecule has 0 spiro atoms. The van der Waals surface area contributed by atoms with Gasteiger partial charge in [-0.2, -0.15) is 0 Å². The zero-order valence-electron chi connectivity index (χ0n) is 29.8. The molecule has 0 saturated heterocycles. The highest BCUT2D eigenvalue weighted by Gasteiger charge is 2.26. The van der Waals surface area contributed by atoms with Crippen LogP contribution in [-0.2, 0) is 0 Å². The number of ether oxygens (including phenoxy) is 1. The highest BCUT2D eigenvalue weighted by atomic mass is 16.5. The summed E-state index contributed by atoms with van der Waals surface area (Å²) in [6.07, 6.45) is -0.211. The molecular formula is C51H33N3O. The van der Waals surface area contributed by atoms with E-state index in [2.05, 4.69) is 196 Å². The molecule has 1 atom stereocenters. The summed E-state index contributed by atoms with van der Waals surface area (Å²) in [6, 6.07) is 68.0. The summed E-state index contributed by atoms with van der Waals surface area (Å²) in [4.78, 5) is 0. The van der Waals surface area contributed by atoms with E-state index in [0.717, 1.165) is 28.4 Å². The lowest BCUT2D eigenvalue weighted by molar-refractivity contribution is 0.260. The van der Waals surface area contributed by atoms with E-state index in [9.17, 15) is 0 Å². The van der Waals surface area contributed by atoms with Crippen molar-refractivity contribution in [3.8, 4) is 28.3 Å². The van der Waals surface area contributed by atoms with Gasteiger partial charge in [0.25, 0.3) is 0 Å². The number of hydrogen-bond donors (Lipinski definition) is 1. The van der Waals surface area contributed by atoms with Gasteiger partial charge in [0, 0.05) is 43.9 Å². The minimum Gasteiger partial charge on any atom is -0.464 e. The predicted molar refractivity (Wildman–Crippen MR) is 229 cm³/mol. The third kappa shape index (κ3) is 4.52. The van der Waals surface area contributed by atoms with Crippen molar-refractivity contribution in [2.45, 2.75) is 6.23 Å². The van der Waals surface area contributed by atoms with Crippen LogP contribution in [0.15, 0.2) is 188 Å². The van der Waals surface area contributed by atoms with E-state index in [1.807, 2.05) is 6.07 Å². The average molecular weight is 704 g/mol. The molecule has 4 heteroatoms. The van der Waals surface area contributed by atoms with E-state index in [1.54, 1.807) is 0 Å². The van der Waals surface area contributed by atoms with Crippen LogP contribution in [-0.4, -0.2) is 9.13 Å². The zero-order valence-corrected chi connectivity index (χ0v) is 29.8. The molecule has 55 heavy (non-hydrogen) atoms. The third-order valence-electron chi connectivity index (χ3n) is 11.5. The number of benzene rings is 9. The third-order valence-corrected chi connectivity index (χ3v) is 11.5. The molecule has 12 rings (SSSR count). The van der Waals surface area contributed by atoms with E-state index in [0.29, 0.717) is 0 Å². The molecule has 4 nitrogen and oxygen atoms in total. The maximum atomic E-state index is 6.41. The van der Waals surface area contributed by atoms with Gasteiger partial charge in [0.15, 0.2) is 6.23 Å². The van der Waals surface area contributed by atoms with E-state index >= 15 is 0 Å². The van der Waals surface area contributed by atoms with Crippen molar-refractivity contribution in [3.63, 3.8) is 0 Å². The maximum Gasteiger partial charge on any atom is 0.196 e. The number of fused-ring (bicyclic) bond motifs is 11. The Morgan fingerprint density at radius 2 is 0.964 bits per heavy atom. The molecule has 1 unspecified atom stereocenters. The summed E-state index contributed by atoms with van der Waals surface area (Å²) in [5.41, 5.74) is 11.7. The maximum absolute atomic E-state index is 6.41. The van der Waals surface area contributed by atoms with Gasteiger partial charge in [-0.05, 0) is 87.9 Å². The minimum atomic E-state index is -0.211. The van der Waals surface area contributed by atoms with Crippen LogP contribution in [0.2, 0.25) is 0 Å². The number of nitrogens with zero attached hydrogens (tertiary/aromatic N) is 2. The SMILES string of the molecule is c1ccc(C2Nc3c(ccc4ccc5cc(-n6c7ccccc7c7cc(-c8ccc(-n9c%10ccccc%10c%10ccccc%109)cc8)ccc76)ccc5c34)O2)cc1. The fourth-order valence-corrected chi connectivity index (χ4v) is 9.01. The standard InChI is InChI=1S/C51H33N3O/c1-2-10-34(11-3-1)51-52-50-48(55-51)29-23-33-18-19-36-30-38(26-27-39(36)49(33)50)54-46-17-9-6-14-42(46)43-31-35(22-28-47(43)54)32-20-24-37(25-21-32)53-44-15-7-4-12-40(44)41-13-5-8-16-45(41)53/h1-31,51-52H. The van der Waals surface area contributed by atoms with Crippen LogP contribution in [0.4, 0.5) is 5.69 Å². The van der Waals surface area contributed by atoms with E-state index in [4.69, 9.17) is 4.74 Å². The van der Waals surface area contributed by atoms with Crippen LogP contribution < -0.4 is 10.1 Å². The molecule has 0 bridgehead atoms. The predicted octanol–water partition coefficient (Wildman–Crippen LogP) is 13.4. The van der Waals surface area contributed by atoms with E-state index in [1.165, 1.54) is 76.3 Å². The summed E-state index contributed by atoms with van der Waals surface area (Å²) in [5, 5.41) is 13.5.